The van der Waals surface area contributed by atoms with E-state index in [9.17, 15) is 4.79 Å². The Morgan fingerprint density at radius 2 is 2.18 bits per heavy atom. The molecule has 0 aliphatic heterocycles. The zero-order valence-electron chi connectivity index (χ0n) is 7.29. The van der Waals surface area contributed by atoms with Crippen LogP contribution in [0.3, 0.4) is 0 Å². The lowest BCUT2D eigenvalue weighted by Gasteiger charge is -2.30. The van der Waals surface area contributed by atoms with Gasteiger partial charge in [0.25, 0.3) is 0 Å². The molecule has 2 atom stereocenters. The van der Waals surface area contributed by atoms with E-state index in [0.29, 0.717) is 5.75 Å². The van der Waals surface area contributed by atoms with Gasteiger partial charge in [-0.05, 0) is 17.6 Å². The molecule has 3 heteroatoms. The zero-order chi connectivity index (χ0) is 9.07. The number of rotatable bonds is 4. The van der Waals surface area contributed by atoms with Gasteiger partial charge >= 0.3 is 5.97 Å². The van der Waals surface area contributed by atoms with Crippen LogP contribution in [0.1, 0.15) is 27.2 Å². The van der Waals surface area contributed by atoms with E-state index in [1.807, 2.05) is 13.8 Å². The van der Waals surface area contributed by atoms with Crippen LogP contribution in [0.4, 0.5) is 0 Å². The predicted octanol–water partition coefficient (Wildman–Crippen LogP) is 2.05. The SMILES string of the molecule is CCC(C)(CS)C(C)C(=O)O. The molecule has 0 aromatic heterocycles. The molecule has 0 fully saturated rings. The molecular formula is C8H16O2S. The van der Waals surface area contributed by atoms with Gasteiger partial charge in [0, 0.05) is 0 Å². The van der Waals surface area contributed by atoms with Gasteiger partial charge < -0.3 is 5.11 Å². The van der Waals surface area contributed by atoms with Crippen LogP contribution in [-0.4, -0.2) is 16.8 Å². The normalized spacial score (nSPS) is 18.9. The summed E-state index contributed by atoms with van der Waals surface area (Å²) in [6.07, 6.45) is 0.851. The molecule has 0 aromatic rings. The van der Waals surface area contributed by atoms with Crippen LogP contribution in [0.25, 0.3) is 0 Å². The van der Waals surface area contributed by atoms with Crippen LogP contribution in [0, 0.1) is 11.3 Å². The van der Waals surface area contributed by atoms with Crippen LogP contribution in [-0.2, 0) is 4.79 Å². The van der Waals surface area contributed by atoms with E-state index in [0.717, 1.165) is 6.42 Å². The van der Waals surface area contributed by atoms with Crippen molar-refractivity contribution in [2.24, 2.45) is 11.3 Å². The second-order valence-electron chi connectivity index (χ2n) is 3.23. The Balaban J connectivity index is 4.36. The highest BCUT2D eigenvalue weighted by Crippen LogP contribution is 2.32. The van der Waals surface area contributed by atoms with E-state index in [1.54, 1.807) is 6.92 Å². The molecule has 0 bridgehead atoms. The van der Waals surface area contributed by atoms with Crippen molar-refractivity contribution in [2.75, 3.05) is 5.75 Å². The standard InChI is InChI=1S/C8H16O2S/c1-4-8(3,5-11)6(2)7(9)10/h6,11H,4-5H2,1-3H3,(H,9,10). The van der Waals surface area contributed by atoms with Gasteiger partial charge in [-0.2, -0.15) is 12.6 Å². The van der Waals surface area contributed by atoms with Gasteiger partial charge in [0.2, 0.25) is 0 Å². The molecule has 0 heterocycles. The Morgan fingerprint density at radius 3 is 2.27 bits per heavy atom. The molecule has 0 aromatic carbocycles. The van der Waals surface area contributed by atoms with Crippen molar-refractivity contribution in [3.05, 3.63) is 0 Å². The second kappa shape index (κ2) is 4.00. The van der Waals surface area contributed by atoms with Gasteiger partial charge in [-0.15, -0.1) is 0 Å². The van der Waals surface area contributed by atoms with Crippen LogP contribution in [0.2, 0.25) is 0 Å². The molecule has 11 heavy (non-hydrogen) atoms. The summed E-state index contributed by atoms with van der Waals surface area (Å²) in [6, 6.07) is 0. The molecule has 0 radical (unpaired) electrons. The molecule has 1 N–H and O–H groups in total. The van der Waals surface area contributed by atoms with Crippen molar-refractivity contribution in [3.63, 3.8) is 0 Å². The summed E-state index contributed by atoms with van der Waals surface area (Å²) >= 11 is 4.15. The summed E-state index contributed by atoms with van der Waals surface area (Å²) in [4.78, 5) is 10.6. The summed E-state index contributed by atoms with van der Waals surface area (Å²) in [5, 5.41) is 8.75. The van der Waals surface area contributed by atoms with E-state index in [2.05, 4.69) is 12.6 Å². The maximum atomic E-state index is 10.6. The first-order valence-electron chi connectivity index (χ1n) is 3.81. The average Bonchev–Trinajstić information content (AvgIpc) is 2.01. The summed E-state index contributed by atoms with van der Waals surface area (Å²) in [6.45, 7) is 5.69. The van der Waals surface area contributed by atoms with E-state index in [4.69, 9.17) is 5.11 Å². The molecule has 0 spiro atoms. The van der Waals surface area contributed by atoms with E-state index < -0.39 is 5.97 Å². The molecular weight excluding hydrogens is 160 g/mol. The Bertz CT molecular complexity index is 141. The fraction of sp³-hybridized carbons (Fsp3) is 0.875. The van der Waals surface area contributed by atoms with Crippen molar-refractivity contribution in [2.45, 2.75) is 27.2 Å². The highest BCUT2D eigenvalue weighted by Gasteiger charge is 2.32. The lowest BCUT2D eigenvalue weighted by molar-refractivity contribution is -0.144. The van der Waals surface area contributed by atoms with Crippen LogP contribution < -0.4 is 0 Å². The number of hydrogen-bond donors (Lipinski definition) is 2. The quantitative estimate of drug-likeness (QED) is 0.643. The van der Waals surface area contributed by atoms with Gasteiger partial charge in [0.05, 0.1) is 5.92 Å². The van der Waals surface area contributed by atoms with Crippen LogP contribution >= 0.6 is 12.6 Å². The molecule has 66 valence electrons. The smallest absolute Gasteiger partial charge is 0.306 e. The molecule has 0 saturated heterocycles. The third-order valence-electron chi connectivity index (χ3n) is 2.58. The van der Waals surface area contributed by atoms with Crippen LogP contribution in [0.5, 0.6) is 0 Å². The fourth-order valence-corrected chi connectivity index (χ4v) is 1.35. The predicted molar refractivity (Wildman–Crippen MR) is 49.1 cm³/mol. The summed E-state index contributed by atoms with van der Waals surface area (Å²) in [5.41, 5.74) is -0.172. The number of carboxylic acids is 1. The topological polar surface area (TPSA) is 37.3 Å². The molecule has 0 aliphatic carbocycles. The summed E-state index contributed by atoms with van der Waals surface area (Å²) in [7, 11) is 0. The van der Waals surface area contributed by atoms with E-state index >= 15 is 0 Å². The Morgan fingerprint density at radius 1 is 1.73 bits per heavy atom. The minimum Gasteiger partial charge on any atom is -0.481 e. The van der Waals surface area contributed by atoms with Crippen LogP contribution in [0.15, 0.2) is 0 Å². The first kappa shape index (κ1) is 10.8. The van der Waals surface area contributed by atoms with Crippen molar-refractivity contribution >= 4 is 18.6 Å². The fourth-order valence-electron chi connectivity index (χ4n) is 0.853. The number of thiol groups is 1. The van der Waals surface area contributed by atoms with Crippen molar-refractivity contribution < 1.29 is 9.90 Å². The first-order chi connectivity index (χ1) is 4.98. The summed E-state index contributed by atoms with van der Waals surface area (Å²) < 4.78 is 0. The maximum absolute atomic E-state index is 10.6. The Kier molecular flexibility index (Phi) is 3.93. The number of carboxylic acid groups (broad SMARTS) is 1. The monoisotopic (exact) mass is 176 g/mol. The van der Waals surface area contributed by atoms with Crippen molar-refractivity contribution in [1.29, 1.82) is 0 Å². The van der Waals surface area contributed by atoms with E-state index in [-0.39, 0.29) is 11.3 Å². The van der Waals surface area contributed by atoms with Gasteiger partial charge in [0.1, 0.15) is 0 Å². The Labute approximate surface area is 73.4 Å². The highest BCUT2D eigenvalue weighted by atomic mass is 32.1. The van der Waals surface area contributed by atoms with Gasteiger partial charge in [0.15, 0.2) is 0 Å². The number of carbonyl (C=O) groups is 1. The highest BCUT2D eigenvalue weighted by molar-refractivity contribution is 7.80. The largest absolute Gasteiger partial charge is 0.481 e. The van der Waals surface area contributed by atoms with E-state index in [1.165, 1.54) is 0 Å². The van der Waals surface area contributed by atoms with Gasteiger partial charge in [-0.1, -0.05) is 20.8 Å². The minimum absolute atomic E-state index is 0.172. The van der Waals surface area contributed by atoms with Gasteiger partial charge in [-0.25, -0.2) is 0 Å². The third-order valence-corrected chi connectivity index (χ3v) is 3.31. The molecule has 2 nitrogen and oxygen atoms in total. The molecule has 0 amide bonds. The number of hydrogen-bond acceptors (Lipinski definition) is 2. The average molecular weight is 176 g/mol. The second-order valence-corrected chi connectivity index (χ2v) is 3.54. The minimum atomic E-state index is -0.733. The lowest BCUT2D eigenvalue weighted by atomic mass is 9.78. The summed E-state index contributed by atoms with van der Waals surface area (Å²) in [5.74, 6) is -0.426. The molecule has 0 saturated carbocycles. The van der Waals surface area contributed by atoms with Crippen molar-refractivity contribution in [1.82, 2.24) is 0 Å². The first-order valence-corrected chi connectivity index (χ1v) is 4.45. The maximum Gasteiger partial charge on any atom is 0.306 e. The number of aliphatic carboxylic acids is 1. The molecule has 2 unspecified atom stereocenters. The zero-order valence-corrected chi connectivity index (χ0v) is 8.19. The third kappa shape index (κ3) is 2.40. The lowest BCUT2D eigenvalue weighted by Crippen LogP contribution is -2.32. The van der Waals surface area contributed by atoms with Crippen molar-refractivity contribution in [3.8, 4) is 0 Å². The molecule has 0 rings (SSSR count). The van der Waals surface area contributed by atoms with Gasteiger partial charge in [-0.3, -0.25) is 4.79 Å². The Hall–Kier alpha value is -0.180. The molecule has 0 aliphatic rings.